The number of benzene rings is 3. The molecule has 0 bridgehead atoms. The van der Waals surface area contributed by atoms with Crippen LogP contribution in [0.25, 0.3) is 0 Å². The second-order valence-corrected chi connectivity index (χ2v) is 5.38. The maximum atomic E-state index is 6.26. The summed E-state index contributed by atoms with van der Waals surface area (Å²) in [6.45, 7) is 0. The molecule has 1 nitrogen and oxygen atoms in total. The predicted molar refractivity (Wildman–Crippen MR) is 83.9 cm³/mol. The minimum atomic E-state index is -0.343. The molecule has 4 rings (SSSR count). The molecule has 3 aromatic carbocycles. The Labute approximate surface area is 124 Å². The Bertz CT molecular complexity index is 680. The van der Waals surface area contributed by atoms with Crippen molar-refractivity contribution in [3.05, 3.63) is 108 Å². The first-order valence-corrected chi connectivity index (χ1v) is 7.25. The Balaban J connectivity index is 1.83. The molecule has 1 heterocycles. The van der Waals surface area contributed by atoms with Gasteiger partial charge < -0.3 is 4.74 Å². The van der Waals surface area contributed by atoms with Crippen molar-refractivity contribution < 1.29 is 4.74 Å². The molecule has 0 amide bonds. The molecule has 0 aromatic heterocycles. The zero-order chi connectivity index (χ0) is 14.1. The molecule has 1 atom stereocenters. The maximum absolute atomic E-state index is 6.26. The molecular formula is C20H16O. The third kappa shape index (κ3) is 1.98. The Morgan fingerprint density at radius 2 is 1.00 bits per heavy atom. The average molecular weight is 272 g/mol. The van der Waals surface area contributed by atoms with Gasteiger partial charge in [0.15, 0.2) is 0 Å². The molecule has 0 saturated carbocycles. The van der Waals surface area contributed by atoms with Crippen LogP contribution in [0.3, 0.4) is 0 Å². The summed E-state index contributed by atoms with van der Waals surface area (Å²) < 4.78 is 6.26. The first-order chi connectivity index (χ1) is 10.4. The van der Waals surface area contributed by atoms with Crippen molar-refractivity contribution >= 4 is 0 Å². The quantitative estimate of drug-likeness (QED) is 0.629. The minimum Gasteiger partial charge on any atom is -0.351 e. The van der Waals surface area contributed by atoms with Crippen molar-refractivity contribution in [3.63, 3.8) is 0 Å². The van der Waals surface area contributed by atoms with E-state index in [1.165, 1.54) is 16.7 Å². The lowest BCUT2D eigenvalue weighted by Crippen LogP contribution is -2.12. The second kappa shape index (κ2) is 4.87. The second-order valence-electron chi connectivity index (χ2n) is 5.38. The van der Waals surface area contributed by atoms with Gasteiger partial charge in [-0.3, -0.25) is 0 Å². The van der Waals surface area contributed by atoms with E-state index < -0.39 is 0 Å². The summed E-state index contributed by atoms with van der Waals surface area (Å²) in [5, 5.41) is 0. The highest BCUT2D eigenvalue weighted by molar-refractivity contribution is 5.46. The Kier molecular flexibility index (Phi) is 2.87. The fourth-order valence-electron chi connectivity index (χ4n) is 3.06. The van der Waals surface area contributed by atoms with Crippen LogP contribution < -0.4 is 0 Å². The number of epoxide rings is 1. The third-order valence-electron chi connectivity index (χ3n) is 4.12. The van der Waals surface area contributed by atoms with Gasteiger partial charge in [-0.15, -0.1) is 0 Å². The van der Waals surface area contributed by atoms with Gasteiger partial charge in [0, 0.05) is 0 Å². The lowest BCUT2D eigenvalue weighted by atomic mass is 9.85. The van der Waals surface area contributed by atoms with E-state index in [1.54, 1.807) is 0 Å². The van der Waals surface area contributed by atoms with E-state index in [1.807, 2.05) is 18.2 Å². The zero-order valence-electron chi connectivity index (χ0n) is 11.6. The van der Waals surface area contributed by atoms with Gasteiger partial charge in [0.25, 0.3) is 0 Å². The summed E-state index contributed by atoms with van der Waals surface area (Å²) in [4.78, 5) is 0. The van der Waals surface area contributed by atoms with E-state index in [4.69, 9.17) is 4.74 Å². The minimum absolute atomic E-state index is 0.0866. The lowest BCUT2D eigenvalue weighted by molar-refractivity contribution is 0.329. The first-order valence-electron chi connectivity index (χ1n) is 7.25. The van der Waals surface area contributed by atoms with Crippen LogP contribution in [0.4, 0.5) is 0 Å². The van der Waals surface area contributed by atoms with Crippen LogP contribution in [0.5, 0.6) is 0 Å². The highest BCUT2D eigenvalue weighted by Crippen LogP contribution is 2.60. The summed E-state index contributed by atoms with van der Waals surface area (Å²) in [5.41, 5.74) is 3.31. The average Bonchev–Trinajstić information content (AvgIpc) is 3.34. The predicted octanol–water partition coefficient (Wildman–Crippen LogP) is 4.70. The Morgan fingerprint density at radius 1 is 0.571 bits per heavy atom. The molecule has 0 spiro atoms. The van der Waals surface area contributed by atoms with Crippen LogP contribution in [0.1, 0.15) is 22.8 Å². The monoisotopic (exact) mass is 272 g/mol. The van der Waals surface area contributed by atoms with Crippen LogP contribution in [0.15, 0.2) is 91.0 Å². The van der Waals surface area contributed by atoms with Crippen molar-refractivity contribution in [2.24, 2.45) is 0 Å². The van der Waals surface area contributed by atoms with Crippen LogP contribution in [0.2, 0.25) is 0 Å². The fourth-order valence-corrected chi connectivity index (χ4v) is 3.06. The fraction of sp³-hybridized carbons (Fsp3) is 0.100. The van der Waals surface area contributed by atoms with Crippen LogP contribution in [-0.2, 0) is 10.3 Å². The van der Waals surface area contributed by atoms with Gasteiger partial charge in [-0.05, 0) is 16.7 Å². The number of rotatable bonds is 3. The molecule has 1 aliphatic heterocycles. The smallest absolute Gasteiger partial charge is 0.149 e. The summed E-state index contributed by atoms with van der Waals surface area (Å²) in [7, 11) is 0. The molecule has 1 fully saturated rings. The molecule has 0 N–H and O–H groups in total. The van der Waals surface area contributed by atoms with Crippen LogP contribution in [0, 0.1) is 0 Å². The lowest BCUT2D eigenvalue weighted by Gasteiger charge is -2.14. The van der Waals surface area contributed by atoms with E-state index >= 15 is 0 Å². The van der Waals surface area contributed by atoms with Crippen LogP contribution >= 0.6 is 0 Å². The van der Waals surface area contributed by atoms with Gasteiger partial charge in [-0.25, -0.2) is 0 Å². The van der Waals surface area contributed by atoms with E-state index in [0.717, 1.165) is 0 Å². The standard InChI is InChI=1S/C20H16O/c1-4-10-16(11-5-1)19-20(21-19,17-12-6-2-7-13-17)18-14-8-3-9-15-18/h1-15,19H/t19-/m1/s1. The molecule has 1 saturated heterocycles. The normalized spacial score (nSPS) is 19.1. The number of hydrogen-bond acceptors (Lipinski definition) is 1. The Hall–Kier alpha value is -2.38. The zero-order valence-corrected chi connectivity index (χ0v) is 11.6. The van der Waals surface area contributed by atoms with E-state index in [9.17, 15) is 0 Å². The summed E-state index contributed by atoms with van der Waals surface area (Å²) >= 11 is 0. The largest absolute Gasteiger partial charge is 0.351 e. The van der Waals surface area contributed by atoms with E-state index in [-0.39, 0.29) is 11.7 Å². The SMILES string of the molecule is c1ccc([C@H]2OC2(c2ccccc2)c2ccccc2)cc1. The van der Waals surface area contributed by atoms with Gasteiger partial charge in [0.1, 0.15) is 11.7 Å². The summed E-state index contributed by atoms with van der Waals surface area (Å²) in [5.74, 6) is 0. The highest BCUT2D eigenvalue weighted by Gasteiger charge is 2.59. The molecular weight excluding hydrogens is 256 g/mol. The van der Waals surface area contributed by atoms with E-state index in [0.29, 0.717) is 0 Å². The molecule has 1 heteroatoms. The van der Waals surface area contributed by atoms with E-state index in [2.05, 4.69) is 72.8 Å². The third-order valence-corrected chi connectivity index (χ3v) is 4.12. The van der Waals surface area contributed by atoms with Crippen LogP contribution in [-0.4, -0.2) is 0 Å². The number of ether oxygens (including phenoxy) is 1. The molecule has 0 radical (unpaired) electrons. The molecule has 21 heavy (non-hydrogen) atoms. The van der Waals surface area contributed by atoms with Gasteiger partial charge in [-0.2, -0.15) is 0 Å². The van der Waals surface area contributed by atoms with Crippen molar-refractivity contribution in [3.8, 4) is 0 Å². The van der Waals surface area contributed by atoms with Crippen molar-refractivity contribution in [2.45, 2.75) is 11.7 Å². The topological polar surface area (TPSA) is 12.5 Å². The molecule has 1 aliphatic rings. The van der Waals surface area contributed by atoms with Gasteiger partial charge in [0.05, 0.1) is 0 Å². The van der Waals surface area contributed by atoms with Gasteiger partial charge in [0.2, 0.25) is 0 Å². The van der Waals surface area contributed by atoms with Crippen molar-refractivity contribution in [2.75, 3.05) is 0 Å². The number of hydrogen-bond donors (Lipinski definition) is 0. The molecule has 0 unspecified atom stereocenters. The van der Waals surface area contributed by atoms with Crippen molar-refractivity contribution in [1.82, 2.24) is 0 Å². The first kappa shape index (κ1) is 12.4. The summed E-state index contributed by atoms with van der Waals surface area (Å²) in [6.07, 6.45) is 0.0866. The molecule has 3 aromatic rings. The Morgan fingerprint density at radius 3 is 1.48 bits per heavy atom. The maximum Gasteiger partial charge on any atom is 0.149 e. The highest BCUT2D eigenvalue weighted by atomic mass is 16.6. The van der Waals surface area contributed by atoms with Crippen molar-refractivity contribution in [1.29, 1.82) is 0 Å². The molecule has 0 aliphatic carbocycles. The van der Waals surface area contributed by atoms with Gasteiger partial charge >= 0.3 is 0 Å². The van der Waals surface area contributed by atoms with Gasteiger partial charge in [-0.1, -0.05) is 91.0 Å². The summed E-state index contributed by atoms with van der Waals surface area (Å²) in [6, 6.07) is 31.4. The molecule has 102 valence electrons.